The van der Waals surface area contributed by atoms with Crippen LogP contribution in [0.25, 0.3) is 0 Å². The summed E-state index contributed by atoms with van der Waals surface area (Å²) in [5.41, 5.74) is 3.75. The van der Waals surface area contributed by atoms with Gasteiger partial charge in [0.15, 0.2) is 16.6 Å². The molecule has 0 saturated heterocycles. The normalized spacial score (nSPS) is 10.4. The Morgan fingerprint density at radius 1 is 1.32 bits per heavy atom. The molecule has 1 heterocycles. The molecule has 0 bridgehead atoms. The Morgan fingerprint density at radius 2 is 2.05 bits per heavy atom. The number of thiazole rings is 1. The van der Waals surface area contributed by atoms with Crippen molar-refractivity contribution in [2.45, 2.75) is 13.8 Å². The van der Waals surface area contributed by atoms with Gasteiger partial charge < -0.3 is 10.1 Å². The van der Waals surface area contributed by atoms with Gasteiger partial charge >= 0.3 is 5.97 Å². The second kappa shape index (κ2) is 7.09. The lowest BCUT2D eigenvalue weighted by Gasteiger charge is -2.11. The average Bonchev–Trinajstić information content (AvgIpc) is 2.86. The molecule has 0 saturated carbocycles. The number of carbonyl (C=O) groups is 2. The number of anilines is 1. The van der Waals surface area contributed by atoms with Gasteiger partial charge in [0, 0.05) is 0 Å². The average molecular weight is 359 g/mol. The number of amides is 1. The van der Waals surface area contributed by atoms with Crippen LogP contribution in [0.3, 0.4) is 0 Å². The third-order valence-electron chi connectivity index (χ3n) is 2.74. The maximum absolute atomic E-state index is 11.9. The Kier molecular flexibility index (Phi) is 5.39. The van der Waals surface area contributed by atoms with Crippen LogP contribution in [0.15, 0.2) is 17.6 Å². The van der Waals surface area contributed by atoms with Gasteiger partial charge in [-0.3, -0.25) is 4.79 Å². The number of aryl methyl sites for hydroxylation is 2. The van der Waals surface area contributed by atoms with E-state index in [0.717, 1.165) is 22.5 Å². The van der Waals surface area contributed by atoms with E-state index in [1.54, 1.807) is 6.07 Å². The van der Waals surface area contributed by atoms with E-state index in [4.69, 9.17) is 27.9 Å². The summed E-state index contributed by atoms with van der Waals surface area (Å²) in [4.78, 5) is 27.5. The van der Waals surface area contributed by atoms with Gasteiger partial charge in [-0.1, -0.05) is 29.3 Å². The van der Waals surface area contributed by atoms with Gasteiger partial charge in [0.2, 0.25) is 0 Å². The van der Waals surface area contributed by atoms with Gasteiger partial charge in [-0.05, 0) is 31.0 Å². The van der Waals surface area contributed by atoms with Crippen molar-refractivity contribution < 1.29 is 14.3 Å². The van der Waals surface area contributed by atoms with E-state index in [1.807, 2.05) is 19.9 Å². The highest BCUT2D eigenvalue weighted by molar-refractivity contribution is 7.12. The molecule has 2 rings (SSSR count). The fourth-order valence-corrected chi connectivity index (χ4v) is 3.07. The van der Waals surface area contributed by atoms with Crippen LogP contribution in [0.4, 0.5) is 5.69 Å². The third-order valence-corrected chi connectivity index (χ3v) is 4.24. The maximum Gasteiger partial charge on any atom is 0.352 e. The lowest BCUT2D eigenvalue weighted by atomic mass is 10.1. The van der Waals surface area contributed by atoms with E-state index in [2.05, 4.69) is 10.3 Å². The smallest absolute Gasteiger partial charge is 0.352 e. The molecule has 0 aliphatic rings. The minimum atomic E-state index is -0.686. The van der Waals surface area contributed by atoms with Crippen molar-refractivity contribution in [3.05, 3.63) is 43.8 Å². The van der Waals surface area contributed by atoms with Gasteiger partial charge in [-0.15, -0.1) is 11.3 Å². The molecule has 5 nitrogen and oxygen atoms in total. The molecule has 2 aromatic rings. The van der Waals surface area contributed by atoms with Crippen molar-refractivity contribution in [1.29, 1.82) is 0 Å². The summed E-state index contributed by atoms with van der Waals surface area (Å²) in [5, 5.41) is 3.12. The SMILES string of the molecule is Cc1cc(C)c(NC(=O)COC(=O)c2scnc2Cl)c(Cl)c1. The molecular weight excluding hydrogens is 347 g/mol. The molecule has 8 heteroatoms. The first-order valence-corrected chi connectivity index (χ1v) is 7.84. The standard InChI is InChI=1S/C14H12Cl2N2O3S/c1-7-3-8(2)11(9(15)4-7)18-10(19)5-21-14(20)12-13(16)17-6-22-12/h3-4,6H,5H2,1-2H3,(H,18,19). The molecule has 0 aliphatic heterocycles. The number of hydrogen-bond donors (Lipinski definition) is 1. The second-order valence-corrected chi connectivity index (χ2v) is 6.16. The van der Waals surface area contributed by atoms with Crippen LogP contribution in [0, 0.1) is 13.8 Å². The number of carbonyl (C=O) groups excluding carboxylic acids is 2. The van der Waals surface area contributed by atoms with Crippen LogP contribution in [-0.2, 0) is 9.53 Å². The summed E-state index contributed by atoms with van der Waals surface area (Å²) in [7, 11) is 0. The van der Waals surface area contributed by atoms with Gasteiger partial charge in [0.1, 0.15) is 0 Å². The van der Waals surface area contributed by atoms with Crippen LogP contribution in [0.2, 0.25) is 10.2 Å². The minimum Gasteiger partial charge on any atom is -0.451 e. The molecule has 1 aromatic carbocycles. The van der Waals surface area contributed by atoms with E-state index in [9.17, 15) is 9.59 Å². The van der Waals surface area contributed by atoms with Gasteiger partial charge in [-0.25, -0.2) is 9.78 Å². The molecule has 1 N–H and O–H groups in total. The highest BCUT2D eigenvalue weighted by atomic mass is 35.5. The maximum atomic E-state index is 11.9. The first-order chi connectivity index (χ1) is 10.4. The number of hydrogen-bond acceptors (Lipinski definition) is 5. The van der Waals surface area contributed by atoms with Crippen molar-refractivity contribution in [3.8, 4) is 0 Å². The third kappa shape index (κ3) is 3.97. The Hall–Kier alpha value is -1.63. The van der Waals surface area contributed by atoms with E-state index in [1.165, 1.54) is 5.51 Å². The fraction of sp³-hybridized carbons (Fsp3) is 0.214. The molecule has 0 spiro atoms. The van der Waals surface area contributed by atoms with Crippen LogP contribution in [-0.4, -0.2) is 23.5 Å². The lowest BCUT2D eigenvalue weighted by molar-refractivity contribution is -0.119. The largest absolute Gasteiger partial charge is 0.451 e. The zero-order valence-electron chi connectivity index (χ0n) is 11.8. The van der Waals surface area contributed by atoms with Crippen LogP contribution in [0.5, 0.6) is 0 Å². The molecule has 1 amide bonds. The highest BCUT2D eigenvalue weighted by Gasteiger charge is 2.17. The molecule has 0 fully saturated rings. The van der Waals surface area contributed by atoms with Crippen LogP contribution >= 0.6 is 34.5 Å². The zero-order chi connectivity index (χ0) is 16.3. The first-order valence-electron chi connectivity index (χ1n) is 6.21. The van der Waals surface area contributed by atoms with E-state index in [0.29, 0.717) is 10.7 Å². The van der Waals surface area contributed by atoms with Crippen LogP contribution in [0.1, 0.15) is 20.8 Å². The molecular formula is C14H12Cl2N2O3S. The lowest BCUT2D eigenvalue weighted by Crippen LogP contribution is -2.21. The van der Waals surface area contributed by atoms with Crippen molar-refractivity contribution in [2.75, 3.05) is 11.9 Å². The van der Waals surface area contributed by atoms with E-state index in [-0.39, 0.29) is 10.0 Å². The van der Waals surface area contributed by atoms with Crippen molar-refractivity contribution in [1.82, 2.24) is 4.98 Å². The van der Waals surface area contributed by atoms with Crippen molar-refractivity contribution in [2.24, 2.45) is 0 Å². The van der Waals surface area contributed by atoms with Crippen molar-refractivity contribution in [3.63, 3.8) is 0 Å². The Morgan fingerprint density at radius 3 is 2.64 bits per heavy atom. The zero-order valence-corrected chi connectivity index (χ0v) is 14.1. The highest BCUT2D eigenvalue weighted by Crippen LogP contribution is 2.27. The van der Waals surface area contributed by atoms with Crippen molar-refractivity contribution >= 4 is 52.1 Å². The number of nitrogens with zero attached hydrogens (tertiary/aromatic N) is 1. The van der Waals surface area contributed by atoms with Gasteiger partial charge in [-0.2, -0.15) is 0 Å². The monoisotopic (exact) mass is 358 g/mol. The molecule has 0 aliphatic carbocycles. The minimum absolute atomic E-state index is 0.0628. The molecule has 0 radical (unpaired) electrons. The van der Waals surface area contributed by atoms with Crippen LogP contribution < -0.4 is 5.32 Å². The van der Waals surface area contributed by atoms with E-state index < -0.39 is 18.5 Å². The Labute approximate surface area is 141 Å². The molecule has 0 unspecified atom stereocenters. The van der Waals surface area contributed by atoms with Gasteiger partial charge in [0.05, 0.1) is 16.2 Å². The number of ether oxygens (including phenoxy) is 1. The Balaban J connectivity index is 1.97. The number of benzene rings is 1. The topological polar surface area (TPSA) is 68.3 Å². The Bertz CT molecular complexity index is 708. The molecule has 0 atom stereocenters. The predicted octanol–water partition coefficient (Wildman–Crippen LogP) is 3.86. The summed E-state index contributed by atoms with van der Waals surface area (Å²) in [6, 6.07) is 3.64. The summed E-state index contributed by atoms with van der Waals surface area (Å²) in [6.07, 6.45) is 0. The molecule has 116 valence electrons. The summed E-state index contributed by atoms with van der Waals surface area (Å²) < 4.78 is 4.90. The summed E-state index contributed by atoms with van der Waals surface area (Å²) in [5.74, 6) is -1.17. The van der Waals surface area contributed by atoms with Gasteiger partial charge in [0.25, 0.3) is 5.91 Å². The molecule has 22 heavy (non-hydrogen) atoms. The predicted molar refractivity (Wildman–Crippen MR) is 87.0 cm³/mol. The van der Waals surface area contributed by atoms with E-state index >= 15 is 0 Å². The second-order valence-electron chi connectivity index (χ2n) is 4.54. The number of esters is 1. The first kappa shape index (κ1) is 16.7. The number of rotatable bonds is 4. The molecule has 1 aromatic heterocycles. The quantitative estimate of drug-likeness (QED) is 0.842. The number of nitrogens with one attached hydrogen (secondary N) is 1. The number of halogens is 2. The fourth-order valence-electron chi connectivity index (χ4n) is 1.81. The summed E-state index contributed by atoms with van der Waals surface area (Å²) in [6.45, 7) is 3.30. The summed E-state index contributed by atoms with van der Waals surface area (Å²) >= 11 is 12.9. The number of aromatic nitrogens is 1.